The number of hydrogen-bond acceptors (Lipinski definition) is 3. The van der Waals surface area contributed by atoms with E-state index >= 15 is 0 Å². The summed E-state index contributed by atoms with van der Waals surface area (Å²) in [5.74, 6) is 1.65. The number of halogens is 1. The minimum Gasteiger partial charge on any atom is -0.352 e. The largest absolute Gasteiger partial charge is 0.352 e. The summed E-state index contributed by atoms with van der Waals surface area (Å²) in [6, 6.07) is 8.41. The van der Waals surface area contributed by atoms with E-state index in [4.69, 9.17) is 0 Å². The predicted molar refractivity (Wildman–Crippen MR) is 99.3 cm³/mol. The molecule has 0 radical (unpaired) electrons. The van der Waals surface area contributed by atoms with Gasteiger partial charge in [0, 0.05) is 20.1 Å². The van der Waals surface area contributed by atoms with E-state index in [0.717, 1.165) is 24.9 Å². The Bertz CT molecular complexity index is 608. The van der Waals surface area contributed by atoms with Crippen molar-refractivity contribution < 1.29 is 0 Å². The number of hydrogen-bond donors (Lipinski definition) is 2. The molecule has 0 amide bonds. The van der Waals surface area contributed by atoms with E-state index in [1.807, 2.05) is 4.57 Å². The first kappa shape index (κ1) is 18.4. The Morgan fingerprint density at radius 3 is 2.73 bits per heavy atom. The van der Waals surface area contributed by atoms with Crippen molar-refractivity contribution in [1.29, 1.82) is 0 Å². The molecule has 2 rings (SSSR count). The summed E-state index contributed by atoms with van der Waals surface area (Å²) >= 11 is 0. The van der Waals surface area contributed by atoms with Crippen LogP contribution in [0.25, 0.3) is 0 Å². The van der Waals surface area contributed by atoms with Crippen molar-refractivity contribution in [3.63, 3.8) is 0 Å². The Morgan fingerprint density at radius 1 is 1.27 bits per heavy atom. The second kappa shape index (κ2) is 9.39. The second-order valence-electron chi connectivity index (χ2n) is 4.80. The van der Waals surface area contributed by atoms with Gasteiger partial charge in [-0.15, -0.1) is 34.2 Å². The number of aliphatic imine (C=N–C) groups is 1. The van der Waals surface area contributed by atoms with Gasteiger partial charge in [0.1, 0.15) is 6.33 Å². The standard InChI is InChI=1S/C15H22N6.HI/c1-4-21-11-19-20-14(21)10-18-15(16-3)17-9-13-7-5-6-12(2)8-13;/h5-8,11H,4,9-10H2,1-3H3,(H2,16,17,18);1H. The molecule has 1 aromatic carbocycles. The first-order valence-electron chi connectivity index (χ1n) is 7.09. The number of nitrogens with one attached hydrogen (secondary N) is 2. The first-order valence-corrected chi connectivity index (χ1v) is 7.09. The number of nitrogens with zero attached hydrogens (tertiary/aromatic N) is 4. The monoisotopic (exact) mass is 414 g/mol. The minimum absolute atomic E-state index is 0. The molecule has 1 aromatic heterocycles. The van der Waals surface area contributed by atoms with E-state index in [0.29, 0.717) is 6.54 Å². The van der Waals surface area contributed by atoms with Crippen molar-refractivity contribution in [2.45, 2.75) is 33.5 Å². The lowest BCUT2D eigenvalue weighted by molar-refractivity contribution is 0.670. The average molecular weight is 414 g/mol. The smallest absolute Gasteiger partial charge is 0.191 e. The van der Waals surface area contributed by atoms with Gasteiger partial charge in [-0.1, -0.05) is 29.8 Å². The van der Waals surface area contributed by atoms with Gasteiger partial charge >= 0.3 is 0 Å². The zero-order valence-corrected chi connectivity index (χ0v) is 15.5. The summed E-state index contributed by atoms with van der Waals surface area (Å²) < 4.78 is 2.00. The molecule has 7 heteroatoms. The molecule has 0 aliphatic carbocycles. The van der Waals surface area contributed by atoms with Gasteiger partial charge < -0.3 is 15.2 Å². The normalized spacial score (nSPS) is 11.0. The van der Waals surface area contributed by atoms with Crippen LogP contribution in [0.15, 0.2) is 35.6 Å². The van der Waals surface area contributed by atoms with Gasteiger partial charge in [-0.05, 0) is 19.4 Å². The molecule has 6 nitrogen and oxygen atoms in total. The molecule has 0 atom stereocenters. The maximum Gasteiger partial charge on any atom is 0.191 e. The Hall–Kier alpha value is -1.64. The first-order chi connectivity index (χ1) is 10.2. The van der Waals surface area contributed by atoms with Gasteiger partial charge in [0.15, 0.2) is 11.8 Å². The molecule has 0 fully saturated rings. The van der Waals surface area contributed by atoms with Gasteiger partial charge in [-0.3, -0.25) is 4.99 Å². The number of benzene rings is 1. The van der Waals surface area contributed by atoms with Crippen molar-refractivity contribution >= 4 is 29.9 Å². The number of aromatic nitrogens is 3. The SMILES string of the molecule is CCn1cnnc1CNC(=NC)NCc1cccc(C)c1.I. The fourth-order valence-electron chi connectivity index (χ4n) is 2.07. The molecule has 0 bridgehead atoms. The Labute approximate surface area is 148 Å². The Kier molecular flexibility index (Phi) is 7.86. The third kappa shape index (κ3) is 5.28. The molecule has 2 aromatic rings. The number of rotatable bonds is 5. The Balaban J connectivity index is 0.00000242. The lowest BCUT2D eigenvalue weighted by Gasteiger charge is -2.12. The summed E-state index contributed by atoms with van der Waals surface area (Å²) in [6.45, 7) is 6.36. The lowest BCUT2D eigenvalue weighted by Crippen LogP contribution is -2.37. The third-order valence-corrected chi connectivity index (χ3v) is 3.22. The van der Waals surface area contributed by atoms with E-state index in [1.54, 1.807) is 13.4 Å². The fourth-order valence-corrected chi connectivity index (χ4v) is 2.07. The van der Waals surface area contributed by atoms with Crippen LogP contribution in [0.5, 0.6) is 0 Å². The van der Waals surface area contributed by atoms with Gasteiger partial charge in [0.25, 0.3) is 0 Å². The molecule has 1 heterocycles. The van der Waals surface area contributed by atoms with Gasteiger partial charge in [0.2, 0.25) is 0 Å². The highest BCUT2D eigenvalue weighted by molar-refractivity contribution is 14.0. The Morgan fingerprint density at radius 2 is 2.05 bits per heavy atom. The summed E-state index contributed by atoms with van der Waals surface area (Å²) in [4.78, 5) is 4.22. The highest BCUT2D eigenvalue weighted by atomic mass is 127. The van der Waals surface area contributed by atoms with Crippen molar-refractivity contribution in [3.05, 3.63) is 47.5 Å². The quantitative estimate of drug-likeness (QED) is 0.447. The molecule has 22 heavy (non-hydrogen) atoms. The lowest BCUT2D eigenvalue weighted by atomic mass is 10.1. The molecule has 0 saturated heterocycles. The summed E-state index contributed by atoms with van der Waals surface area (Å²) in [5.41, 5.74) is 2.49. The molecule has 0 aliphatic rings. The van der Waals surface area contributed by atoms with Gasteiger partial charge in [-0.25, -0.2) is 0 Å². The van der Waals surface area contributed by atoms with Crippen LogP contribution in [0.2, 0.25) is 0 Å². The molecule has 0 unspecified atom stereocenters. The van der Waals surface area contributed by atoms with E-state index in [1.165, 1.54) is 11.1 Å². The molecule has 0 saturated carbocycles. The summed E-state index contributed by atoms with van der Waals surface area (Å²) in [7, 11) is 1.76. The van der Waals surface area contributed by atoms with Crippen LogP contribution >= 0.6 is 24.0 Å². The maximum atomic E-state index is 4.22. The van der Waals surface area contributed by atoms with Crippen molar-refractivity contribution in [1.82, 2.24) is 25.4 Å². The van der Waals surface area contributed by atoms with Crippen LogP contribution in [0.1, 0.15) is 23.9 Å². The fraction of sp³-hybridized carbons (Fsp3) is 0.400. The second-order valence-corrected chi connectivity index (χ2v) is 4.80. The molecular weight excluding hydrogens is 391 g/mol. The molecule has 0 aliphatic heterocycles. The number of aryl methyl sites for hydroxylation is 2. The zero-order chi connectivity index (χ0) is 15.1. The van der Waals surface area contributed by atoms with Crippen molar-refractivity contribution in [3.8, 4) is 0 Å². The third-order valence-electron chi connectivity index (χ3n) is 3.22. The molecule has 120 valence electrons. The minimum atomic E-state index is 0. The molecule has 0 spiro atoms. The van der Waals surface area contributed by atoms with E-state index in [-0.39, 0.29) is 24.0 Å². The van der Waals surface area contributed by atoms with E-state index in [2.05, 4.69) is 63.9 Å². The topological polar surface area (TPSA) is 67.1 Å². The summed E-state index contributed by atoms with van der Waals surface area (Å²) in [6.07, 6.45) is 1.74. The number of guanidine groups is 1. The van der Waals surface area contributed by atoms with Crippen molar-refractivity contribution in [2.75, 3.05) is 7.05 Å². The van der Waals surface area contributed by atoms with Crippen LogP contribution in [-0.4, -0.2) is 27.8 Å². The maximum absolute atomic E-state index is 4.22. The summed E-state index contributed by atoms with van der Waals surface area (Å²) in [5, 5.41) is 14.5. The van der Waals surface area contributed by atoms with Crippen LogP contribution in [0, 0.1) is 6.92 Å². The van der Waals surface area contributed by atoms with Gasteiger partial charge in [0.05, 0.1) is 6.54 Å². The van der Waals surface area contributed by atoms with E-state index < -0.39 is 0 Å². The van der Waals surface area contributed by atoms with Crippen LogP contribution in [0.3, 0.4) is 0 Å². The van der Waals surface area contributed by atoms with Crippen molar-refractivity contribution in [2.24, 2.45) is 4.99 Å². The molecular formula is C15H23IN6. The highest BCUT2D eigenvalue weighted by Crippen LogP contribution is 2.03. The van der Waals surface area contributed by atoms with Crippen LogP contribution in [-0.2, 0) is 19.6 Å². The van der Waals surface area contributed by atoms with Gasteiger partial charge in [-0.2, -0.15) is 0 Å². The zero-order valence-electron chi connectivity index (χ0n) is 13.2. The van der Waals surface area contributed by atoms with Crippen LogP contribution < -0.4 is 10.6 Å². The highest BCUT2D eigenvalue weighted by Gasteiger charge is 2.04. The average Bonchev–Trinajstić information content (AvgIpc) is 2.95. The molecule has 2 N–H and O–H groups in total. The van der Waals surface area contributed by atoms with Crippen LogP contribution in [0.4, 0.5) is 0 Å². The predicted octanol–water partition coefficient (Wildman–Crippen LogP) is 2.09. The van der Waals surface area contributed by atoms with E-state index in [9.17, 15) is 0 Å².